The summed E-state index contributed by atoms with van der Waals surface area (Å²) < 4.78 is 0. The van der Waals surface area contributed by atoms with Gasteiger partial charge in [-0.05, 0) is 42.3 Å². The maximum absolute atomic E-state index is 8.66. The summed E-state index contributed by atoms with van der Waals surface area (Å²) in [5.41, 5.74) is 9.45. The van der Waals surface area contributed by atoms with Crippen LogP contribution < -0.4 is 11.1 Å². The highest BCUT2D eigenvalue weighted by Gasteiger charge is 2.04. The number of oxime groups is 1. The van der Waals surface area contributed by atoms with Crippen LogP contribution in [-0.2, 0) is 6.54 Å². The highest BCUT2D eigenvalue weighted by molar-refractivity contribution is 6.30. The molecule has 5 heteroatoms. The average molecular weight is 290 g/mol. The molecule has 2 rings (SSSR count). The van der Waals surface area contributed by atoms with Gasteiger partial charge in [-0.2, -0.15) is 0 Å². The zero-order chi connectivity index (χ0) is 14.5. The molecule has 104 valence electrons. The lowest BCUT2D eigenvalue weighted by Gasteiger charge is -2.10. The number of hydrogen-bond acceptors (Lipinski definition) is 3. The molecule has 0 bridgehead atoms. The summed E-state index contributed by atoms with van der Waals surface area (Å²) in [6.45, 7) is 2.67. The van der Waals surface area contributed by atoms with Gasteiger partial charge in [0.15, 0.2) is 5.84 Å². The van der Waals surface area contributed by atoms with Gasteiger partial charge in [0.1, 0.15) is 0 Å². The van der Waals surface area contributed by atoms with Crippen LogP contribution in [0.1, 0.15) is 16.7 Å². The molecule has 0 saturated heterocycles. The van der Waals surface area contributed by atoms with E-state index in [4.69, 9.17) is 22.5 Å². The van der Waals surface area contributed by atoms with Gasteiger partial charge in [-0.1, -0.05) is 35.0 Å². The third-order valence-corrected chi connectivity index (χ3v) is 3.29. The van der Waals surface area contributed by atoms with E-state index in [0.717, 1.165) is 16.8 Å². The number of nitrogens with two attached hydrogens (primary N) is 1. The second-order valence-electron chi connectivity index (χ2n) is 4.49. The predicted molar refractivity (Wildman–Crippen MR) is 82.5 cm³/mol. The van der Waals surface area contributed by atoms with Crippen molar-refractivity contribution >= 4 is 23.1 Å². The average Bonchev–Trinajstić information content (AvgIpc) is 2.45. The number of anilines is 1. The quantitative estimate of drug-likeness (QED) is 0.350. The fraction of sp³-hybridized carbons (Fsp3) is 0.133. The lowest BCUT2D eigenvalue weighted by Crippen LogP contribution is -2.13. The minimum absolute atomic E-state index is 0.113. The molecule has 2 aromatic carbocycles. The molecule has 0 saturated carbocycles. The smallest absolute Gasteiger partial charge is 0.170 e. The van der Waals surface area contributed by atoms with Crippen molar-refractivity contribution < 1.29 is 5.21 Å². The monoisotopic (exact) mass is 289 g/mol. The Labute approximate surface area is 122 Å². The number of benzene rings is 2. The molecule has 2 aromatic rings. The van der Waals surface area contributed by atoms with Crippen molar-refractivity contribution in [2.24, 2.45) is 10.9 Å². The summed E-state index contributed by atoms with van der Waals surface area (Å²) in [5, 5.41) is 15.7. The number of nitrogens with zero attached hydrogens (tertiary/aromatic N) is 1. The van der Waals surface area contributed by atoms with E-state index in [9.17, 15) is 0 Å². The van der Waals surface area contributed by atoms with Gasteiger partial charge in [-0.3, -0.25) is 0 Å². The van der Waals surface area contributed by atoms with Crippen LogP contribution in [0.25, 0.3) is 0 Å². The van der Waals surface area contributed by atoms with Crippen LogP contribution in [0, 0.1) is 6.92 Å². The topological polar surface area (TPSA) is 70.6 Å². The third-order valence-electron chi connectivity index (χ3n) is 3.05. The summed E-state index contributed by atoms with van der Waals surface area (Å²) in [6, 6.07) is 13.3. The number of hydrogen-bond donors (Lipinski definition) is 3. The highest BCUT2D eigenvalue weighted by Crippen LogP contribution is 2.17. The number of amidine groups is 1. The molecule has 0 fully saturated rings. The second-order valence-corrected chi connectivity index (χ2v) is 4.93. The summed E-state index contributed by atoms with van der Waals surface area (Å²) in [5.74, 6) is 0.113. The van der Waals surface area contributed by atoms with Crippen LogP contribution in [0.15, 0.2) is 47.6 Å². The molecule has 4 N–H and O–H groups in total. The van der Waals surface area contributed by atoms with Crippen molar-refractivity contribution in [3.05, 3.63) is 64.2 Å². The largest absolute Gasteiger partial charge is 0.409 e. The standard InChI is InChI=1S/C15H16ClN3O/c1-10-7-11(15(17)19-20)5-6-12(10)9-18-14-4-2-3-13(16)8-14/h2-8,18,20H,9H2,1H3,(H2,17,19). The van der Waals surface area contributed by atoms with Crippen molar-refractivity contribution in [1.82, 2.24) is 0 Å². The summed E-state index contributed by atoms with van der Waals surface area (Å²) in [7, 11) is 0. The van der Waals surface area contributed by atoms with Crippen LogP contribution in [0.3, 0.4) is 0 Å². The molecule has 0 unspecified atom stereocenters. The van der Waals surface area contributed by atoms with Crippen molar-refractivity contribution in [2.45, 2.75) is 13.5 Å². The van der Waals surface area contributed by atoms with Crippen molar-refractivity contribution in [2.75, 3.05) is 5.32 Å². The molecular weight excluding hydrogens is 274 g/mol. The van der Waals surface area contributed by atoms with E-state index in [1.165, 1.54) is 0 Å². The van der Waals surface area contributed by atoms with E-state index in [1.807, 2.05) is 49.4 Å². The van der Waals surface area contributed by atoms with Gasteiger partial charge in [-0.15, -0.1) is 0 Å². The Morgan fingerprint density at radius 2 is 2.10 bits per heavy atom. The molecule has 0 aliphatic carbocycles. The zero-order valence-electron chi connectivity index (χ0n) is 11.1. The number of halogens is 1. The second kappa shape index (κ2) is 6.30. The molecule has 0 aliphatic rings. The summed E-state index contributed by atoms with van der Waals surface area (Å²) in [6.07, 6.45) is 0. The summed E-state index contributed by atoms with van der Waals surface area (Å²) >= 11 is 5.94. The van der Waals surface area contributed by atoms with Gasteiger partial charge in [0, 0.05) is 22.8 Å². The van der Waals surface area contributed by atoms with Crippen molar-refractivity contribution in [3.63, 3.8) is 0 Å². The SMILES string of the molecule is Cc1cc(/C(N)=N/O)ccc1CNc1cccc(Cl)c1. The maximum atomic E-state index is 8.66. The molecular formula is C15H16ClN3O. The van der Waals surface area contributed by atoms with Crippen molar-refractivity contribution in [3.8, 4) is 0 Å². The van der Waals surface area contributed by atoms with Gasteiger partial charge in [-0.25, -0.2) is 0 Å². The van der Waals surface area contributed by atoms with E-state index in [0.29, 0.717) is 17.1 Å². The molecule has 0 heterocycles. The number of rotatable bonds is 4. The van der Waals surface area contributed by atoms with Gasteiger partial charge in [0.25, 0.3) is 0 Å². The fourth-order valence-corrected chi connectivity index (χ4v) is 2.10. The fourth-order valence-electron chi connectivity index (χ4n) is 1.91. The van der Waals surface area contributed by atoms with Crippen LogP contribution in [0.4, 0.5) is 5.69 Å². The van der Waals surface area contributed by atoms with Crippen molar-refractivity contribution in [1.29, 1.82) is 0 Å². The van der Waals surface area contributed by atoms with Gasteiger partial charge in [0.2, 0.25) is 0 Å². The Kier molecular flexibility index (Phi) is 4.48. The molecule has 0 radical (unpaired) electrons. The van der Waals surface area contributed by atoms with Gasteiger partial charge < -0.3 is 16.3 Å². The summed E-state index contributed by atoms with van der Waals surface area (Å²) in [4.78, 5) is 0. The van der Waals surface area contributed by atoms with Crippen LogP contribution in [0.5, 0.6) is 0 Å². The van der Waals surface area contributed by atoms with Crippen LogP contribution in [-0.4, -0.2) is 11.0 Å². The Morgan fingerprint density at radius 3 is 2.75 bits per heavy atom. The Morgan fingerprint density at radius 1 is 1.30 bits per heavy atom. The molecule has 0 amide bonds. The van der Waals surface area contributed by atoms with Crippen LogP contribution in [0.2, 0.25) is 5.02 Å². The Hall–Kier alpha value is -2.20. The van der Waals surface area contributed by atoms with E-state index >= 15 is 0 Å². The highest BCUT2D eigenvalue weighted by atomic mass is 35.5. The molecule has 0 aromatic heterocycles. The van der Waals surface area contributed by atoms with Gasteiger partial charge >= 0.3 is 0 Å². The van der Waals surface area contributed by atoms with E-state index in [1.54, 1.807) is 0 Å². The number of aryl methyl sites for hydroxylation is 1. The first-order chi connectivity index (χ1) is 9.60. The Balaban J connectivity index is 2.11. The van der Waals surface area contributed by atoms with Gasteiger partial charge in [0.05, 0.1) is 0 Å². The molecule has 0 atom stereocenters. The number of nitrogens with one attached hydrogen (secondary N) is 1. The molecule has 20 heavy (non-hydrogen) atoms. The Bertz CT molecular complexity index is 641. The lowest BCUT2D eigenvalue weighted by atomic mass is 10.0. The predicted octanol–water partition coefficient (Wildman–Crippen LogP) is 3.36. The van der Waals surface area contributed by atoms with E-state index in [-0.39, 0.29) is 5.84 Å². The minimum atomic E-state index is 0.113. The molecule has 0 spiro atoms. The third kappa shape index (κ3) is 3.42. The first-order valence-corrected chi connectivity index (χ1v) is 6.55. The first-order valence-electron chi connectivity index (χ1n) is 6.17. The normalized spacial score (nSPS) is 11.4. The zero-order valence-corrected chi connectivity index (χ0v) is 11.9. The molecule has 4 nitrogen and oxygen atoms in total. The van der Waals surface area contributed by atoms with Crippen LogP contribution >= 0.6 is 11.6 Å². The van der Waals surface area contributed by atoms with E-state index in [2.05, 4.69) is 10.5 Å². The first kappa shape index (κ1) is 14.2. The van der Waals surface area contributed by atoms with E-state index < -0.39 is 0 Å². The maximum Gasteiger partial charge on any atom is 0.170 e. The lowest BCUT2D eigenvalue weighted by molar-refractivity contribution is 0.318. The minimum Gasteiger partial charge on any atom is -0.409 e. The molecule has 0 aliphatic heterocycles.